The minimum atomic E-state index is -0.221. The van der Waals surface area contributed by atoms with E-state index in [0.29, 0.717) is 13.1 Å². The SMILES string of the molecule is Fc1ccc(CNc2nc(N3CCCCC3)nc3ccccc23)cc1.Fc1cccc(CNc2nc(N3CCCCC3)nc3ccccc23)c1. The second-order valence-corrected chi connectivity index (χ2v) is 12.8. The lowest BCUT2D eigenvalue weighted by Crippen LogP contribution is -2.31. The van der Waals surface area contributed by atoms with Crippen LogP contribution in [0.4, 0.5) is 32.3 Å². The third-order valence-corrected chi connectivity index (χ3v) is 9.18. The number of anilines is 4. The molecule has 256 valence electrons. The number of hydrogen-bond donors (Lipinski definition) is 2. The van der Waals surface area contributed by atoms with Crippen molar-refractivity contribution in [1.82, 2.24) is 19.9 Å². The second-order valence-electron chi connectivity index (χ2n) is 12.8. The molecule has 0 spiro atoms. The zero-order valence-electron chi connectivity index (χ0n) is 28.2. The van der Waals surface area contributed by atoms with Gasteiger partial charge >= 0.3 is 0 Å². The topological polar surface area (TPSA) is 82.1 Å². The van der Waals surface area contributed by atoms with Crippen molar-refractivity contribution in [2.24, 2.45) is 0 Å². The van der Waals surface area contributed by atoms with E-state index < -0.39 is 0 Å². The minimum Gasteiger partial charge on any atom is -0.365 e. The Morgan fingerprint density at radius 1 is 0.480 bits per heavy atom. The second kappa shape index (κ2) is 15.9. The summed E-state index contributed by atoms with van der Waals surface area (Å²) in [7, 11) is 0. The molecule has 6 aromatic rings. The molecule has 2 fully saturated rings. The highest BCUT2D eigenvalue weighted by Gasteiger charge is 2.17. The van der Waals surface area contributed by atoms with Crippen LogP contribution in [0.5, 0.6) is 0 Å². The summed E-state index contributed by atoms with van der Waals surface area (Å²) in [4.78, 5) is 23.6. The largest absolute Gasteiger partial charge is 0.365 e. The number of halogens is 2. The van der Waals surface area contributed by atoms with Crippen LogP contribution in [-0.2, 0) is 13.1 Å². The van der Waals surface area contributed by atoms with E-state index >= 15 is 0 Å². The Labute approximate surface area is 291 Å². The molecular formula is C40H42F2N8. The summed E-state index contributed by atoms with van der Waals surface area (Å²) in [5.41, 5.74) is 3.78. The molecule has 2 N–H and O–H groups in total. The lowest BCUT2D eigenvalue weighted by molar-refractivity contribution is 0.569. The molecule has 2 saturated heterocycles. The number of piperidine rings is 2. The lowest BCUT2D eigenvalue weighted by Gasteiger charge is -2.27. The van der Waals surface area contributed by atoms with Crippen LogP contribution in [0.25, 0.3) is 21.8 Å². The van der Waals surface area contributed by atoms with Gasteiger partial charge in [0.1, 0.15) is 23.3 Å². The van der Waals surface area contributed by atoms with Crippen molar-refractivity contribution in [3.05, 3.63) is 120 Å². The fourth-order valence-electron chi connectivity index (χ4n) is 6.49. The quantitative estimate of drug-likeness (QED) is 0.166. The normalized spacial score (nSPS) is 14.7. The van der Waals surface area contributed by atoms with Gasteiger partial charge in [-0.15, -0.1) is 0 Å². The van der Waals surface area contributed by atoms with Gasteiger partial charge in [-0.25, -0.2) is 18.7 Å². The Kier molecular flexibility index (Phi) is 10.5. The molecule has 0 atom stereocenters. The van der Waals surface area contributed by atoms with Crippen LogP contribution >= 0.6 is 0 Å². The molecule has 2 aromatic heterocycles. The molecule has 0 amide bonds. The van der Waals surface area contributed by atoms with Crippen LogP contribution in [0.2, 0.25) is 0 Å². The Bertz CT molecular complexity index is 2030. The molecule has 0 saturated carbocycles. The molecule has 0 radical (unpaired) electrons. The summed E-state index contributed by atoms with van der Waals surface area (Å²) in [6, 6.07) is 29.2. The Balaban J connectivity index is 0.000000157. The standard InChI is InChI=1S/2C20H21FN4/c21-16-8-6-7-15(13-16)14-22-19-17-9-2-3-10-18(17)23-20(24-19)25-11-4-1-5-12-25;21-16-10-8-15(9-11-16)14-22-19-17-6-2-3-7-18(17)23-20(24-19)25-12-4-1-5-13-25/h2-3,6-10,13H,1,4-5,11-12,14H2,(H,22,23,24);2-3,6-11H,1,4-5,12-14H2,(H,22,23,24). The highest BCUT2D eigenvalue weighted by Crippen LogP contribution is 2.27. The number of hydrogen-bond acceptors (Lipinski definition) is 8. The lowest BCUT2D eigenvalue weighted by atomic mass is 10.1. The summed E-state index contributed by atoms with van der Waals surface area (Å²) in [5, 5.41) is 8.76. The van der Waals surface area contributed by atoms with Gasteiger partial charge in [0.15, 0.2) is 0 Å². The van der Waals surface area contributed by atoms with Crippen LogP contribution in [-0.4, -0.2) is 46.1 Å². The molecule has 0 bridgehead atoms. The summed E-state index contributed by atoms with van der Waals surface area (Å²) in [6.07, 6.45) is 7.29. The molecule has 4 aromatic carbocycles. The average Bonchev–Trinajstić information content (AvgIpc) is 3.17. The van der Waals surface area contributed by atoms with Gasteiger partial charge in [-0.1, -0.05) is 48.5 Å². The van der Waals surface area contributed by atoms with Gasteiger partial charge in [-0.2, -0.15) is 9.97 Å². The highest BCUT2D eigenvalue weighted by atomic mass is 19.1. The van der Waals surface area contributed by atoms with Gasteiger partial charge in [0.05, 0.1) is 11.0 Å². The maximum absolute atomic E-state index is 13.4. The molecule has 10 heteroatoms. The fourth-order valence-corrected chi connectivity index (χ4v) is 6.49. The number of aromatic nitrogens is 4. The summed E-state index contributed by atoms with van der Waals surface area (Å²) < 4.78 is 26.5. The first-order valence-corrected chi connectivity index (χ1v) is 17.6. The maximum Gasteiger partial charge on any atom is 0.227 e. The van der Waals surface area contributed by atoms with Crippen molar-refractivity contribution < 1.29 is 8.78 Å². The van der Waals surface area contributed by atoms with Gasteiger partial charge in [-0.3, -0.25) is 0 Å². The zero-order chi connectivity index (χ0) is 34.1. The summed E-state index contributed by atoms with van der Waals surface area (Å²) >= 11 is 0. The van der Waals surface area contributed by atoms with Gasteiger partial charge in [-0.05, 0) is 98.2 Å². The van der Waals surface area contributed by atoms with Crippen LogP contribution < -0.4 is 20.4 Å². The number of benzene rings is 4. The molecule has 2 aliphatic rings. The average molecular weight is 673 g/mol. The first kappa shape index (κ1) is 33.1. The van der Waals surface area contributed by atoms with E-state index in [2.05, 4.69) is 20.4 Å². The van der Waals surface area contributed by atoms with Crippen molar-refractivity contribution >= 4 is 45.3 Å². The van der Waals surface area contributed by atoms with Crippen LogP contribution in [0.3, 0.4) is 0 Å². The number of para-hydroxylation sites is 2. The third-order valence-electron chi connectivity index (χ3n) is 9.18. The van der Waals surface area contributed by atoms with Crippen molar-refractivity contribution in [2.75, 3.05) is 46.6 Å². The number of nitrogens with zero attached hydrogens (tertiary/aromatic N) is 6. The first-order valence-electron chi connectivity index (χ1n) is 17.6. The molecule has 2 aliphatic heterocycles. The van der Waals surface area contributed by atoms with E-state index in [1.807, 2.05) is 54.6 Å². The highest BCUT2D eigenvalue weighted by molar-refractivity contribution is 5.91. The van der Waals surface area contributed by atoms with E-state index in [0.717, 1.165) is 82.6 Å². The number of rotatable bonds is 8. The smallest absolute Gasteiger partial charge is 0.227 e. The van der Waals surface area contributed by atoms with Crippen LogP contribution in [0.15, 0.2) is 97.1 Å². The monoisotopic (exact) mass is 672 g/mol. The zero-order valence-corrected chi connectivity index (χ0v) is 28.2. The van der Waals surface area contributed by atoms with Crippen LogP contribution in [0.1, 0.15) is 49.7 Å². The fraction of sp³-hybridized carbons (Fsp3) is 0.300. The molecule has 8 nitrogen and oxygen atoms in total. The van der Waals surface area contributed by atoms with E-state index in [4.69, 9.17) is 19.9 Å². The van der Waals surface area contributed by atoms with Gasteiger partial charge in [0.2, 0.25) is 11.9 Å². The van der Waals surface area contributed by atoms with E-state index in [1.165, 1.54) is 56.7 Å². The predicted octanol–water partition coefficient (Wildman–Crippen LogP) is 8.74. The summed E-state index contributed by atoms with van der Waals surface area (Å²) in [5.74, 6) is 2.76. The van der Waals surface area contributed by atoms with Crippen molar-refractivity contribution in [3.63, 3.8) is 0 Å². The van der Waals surface area contributed by atoms with Crippen molar-refractivity contribution in [3.8, 4) is 0 Å². The molecule has 0 unspecified atom stereocenters. The number of nitrogens with one attached hydrogen (secondary N) is 2. The Morgan fingerprint density at radius 2 is 0.980 bits per heavy atom. The Morgan fingerprint density at radius 3 is 1.50 bits per heavy atom. The maximum atomic E-state index is 13.4. The van der Waals surface area contributed by atoms with E-state index in [-0.39, 0.29) is 11.6 Å². The van der Waals surface area contributed by atoms with Gasteiger partial charge < -0.3 is 20.4 Å². The molecule has 50 heavy (non-hydrogen) atoms. The molecular weight excluding hydrogens is 630 g/mol. The number of fused-ring (bicyclic) bond motifs is 2. The molecule has 8 rings (SSSR count). The first-order chi connectivity index (χ1) is 24.6. The van der Waals surface area contributed by atoms with Crippen LogP contribution in [0, 0.1) is 11.6 Å². The van der Waals surface area contributed by atoms with Crippen molar-refractivity contribution in [1.29, 1.82) is 0 Å². The summed E-state index contributed by atoms with van der Waals surface area (Å²) in [6.45, 7) is 5.15. The van der Waals surface area contributed by atoms with Gasteiger partial charge in [0.25, 0.3) is 0 Å². The van der Waals surface area contributed by atoms with E-state index in [9.17, 15) is 8.78 Å². The third kappa shape index (κ3) is 8.25. The molecule has 4 heterocycles. The van der Waals surface area contributed by atoms with E-state index in [1.54, 1.807) is 24.3 Å². The van der Waals surface area contributed by atoms with Crippen molar-refractivity contribution in [2.45, 2.75) is 51.6 Å². The Hall–Kier alpha value is -5.38. The minimum absolute atomic E-state index is 0.219. The molecule has 0 aliphatic carbocycles. The predicted molar refractivity (Wildman–Crippen MR) is 199 cm³/mol. The van der Waals surface area contributed by atoms with Gasteiger partial charge in [0, 0.05) is 50.0 Å².